The highest BCUT2D eigenvalue weighted by Crippen LogP contribution is 2.48. The number of piperidine rings is 1. The summed E-state index contributed by atoms with van der Waals surface area (Å²) in [6.45, 7) is 5.84. The maximum absolute atomic E-state index is 12.7. The van der Waals surface area contributed by atoms with E-state index in [0.717, 1.165) is 44.8 Å². The summed E-state index contributed by atoms with van der Waals surface area (Å²) in [6, 6.07) is 10.6. The summed E-state index contributed by atoms with van der Waals surface area (Å²) >= 11 is 0. The predicted octanol–water partition coefficient (Wildman–Crippen LogP) is 2.79. The lowest BCUT2D eigenvalue weighted by molar-refractivity contribution is -0.132. The molecule has 138 valence electrons. The number of amides is 1. The van der Waals surface area contributed by atoms with Gasteiger partial charge in [-0.2, -0.15) is 0 Å². The molecule has 0 radical (unpaired) electrons. The van der Waals surface area contributed by atoms with E-state index in [2.05, 4.69) is 56.6 Å². The molecule has 2 aromatic rings. The Bertz CT molecular complexity index is 761. The molecule has 4 rings (SSSR count). The molecular formula is C21H28N4O. The van der Waals surface area contributed by atoms with Gasteiger partial charge >= 0.3 is 0 Å². The summed E-state index contributed by atoms with van der Waals surface area (Å²) in [5.74, 6) is 1.74. The fourth-order valence-corrected chi connectivity index (χ4v) is 4.98. The van der Waals surface area contributed by atoms with E-state index in [1.807, 2.05) is 19.4 Å². The Kier molecular flexibility index (Phi) is 4.57. The van der Waals surface area contributed by atoms with Crippen molar-refractivity contribution in [3.05, 3.63) is 54.1 Å². The third-order valence-corrected chi connectivity index (χ3v) is 6.39. The van der Waals surface area contributed by atoms with Crippen molar-refractivity contribution in [2.75, 3.05) is 19.6 Å². The Morgan fingerprint density at radius 3 is 2.54 bits per heavy atom. The number of likely N-dealkylation sites (N-methyl/N-ethyl adjacent to an activating group) is 1. The van der Waals surface area contributed by atoms with Crippen molar-refractivity contribution in [1.29, 1.82) is 0 Å². The van der Waals surface area contributed by atoms with Crippen molar-refractivity contribution < 1.29 is 4.79 Å². The average molecular weight is 352 g/mol. The second-order valence-electron chi connectivity index (χ2n) is 7.64. The smallest absolute Gasteiger partial charge is 0.223 e. The summed E-state index contributed by atoms with van der Waals surface area (Å²) in [4.78, 5) is 21.9. The molecule has 1 aromatic heterocycles. The van der Waals surface area contributed by atoms with E-state index in [1.165, 1.54) is 5.56 Å². The third kappa shape index (κ3) is 2.84. The fourth-order valence-electron chi connectivity index (χ4n) is 4.98. The highest BCUT2D eigenvalue weighted by Gasteiger charge is 2.53. The Morgan fingerprint density at radius 2 is 1.92 bits per heavy atom. The van der Waals surface area contributed by atoms with Crippen LogP contribution in [0.4, 0.5) is 0 Å². The number of rotatable bonds is 4. The first-order chi connectivity index (χ1) is 12.6. The zero-order valence-corrected chi connectivity index (χ0v) is 15.8. The molecule has 2 aliphatic rings. The summed E-state index contributed by atoms with van der Waals surface area (Å²) < 4.78 is 2.09. The highest BCUT2D eigenvalue weighted by molar-refractivity contribution is 5.81. The molecule has 1 spiro atoms. The zero-order chi connectivity index (χ0) is 18.1. The van der Waals surface area contributed by atoms with Crippen molar-refractivity contribution >= 4 is 5.91 Å². The molecule has 1 aromatic carbocycles. The first kappa shape index (κ1) is 17.3. The Morgan fingerprint density at radius 1 is 1.19 bits per heavy atom. The number of likely N-dealkylation sites (tertiary alicyclic amines) is 2. The topological polar surface area (TPSA) is 41.4 Å². The van der Waals surface area contributed by atoms with Crippen molar-refractivity contribution in [1.82, 2.24) is 19.4 Å². The molecule has 2 fully saturated rings. The third-order valence-electron chi connectivity index (χ3n) is 6.39. The number of aryl methyl sites for hydroxylation is 1. The van der Waals surface area contributed by atoms with Crippen LogP contribution in [0, 0.1) is 0 Å². The zero-order valence-electron chi connectivity index (χ0n) is 15.8. The predicted molar refractivity (Wildman–Crippen MR) is 102 cm³/mol. The number of benzene rings is 1. The van der Waals surface area contributed by atoms with Crippen LogP contribution in [0.25, 0.3) is 0 Å². The summed E-state index contributed by atoms with van der Waals surface area (Å²) in [7, 11) is 2.05. The first-order valence-corrected chi connectivity index (χ1v) is 9.68. The van der Waals surface area contributed by atoms with Crippen molar-refractivity contribution in [3.8, 4) is 0 Å². The molecule has 0 N–H and O–H groups in total. The van der Waals surface area contributed by atoms with Gasteiger partial charge < -0.3 is 9.47 Å². The quantitative estimate of drug-likeness (QED) is 0.850. The molecule has 0 unspecified atom stereocenters. The Balaban J connectivity index is 1.55. The van der Waals surface area contributed by atoms with Crippen molar-refractivity contribution in [3.63, 3.8) is 0 Å². The fraction of sp³-hybridized carbons (Fsp3) is 0.524. The molecular weight excluding hydrogens is 324 g/mol. The summed E-state index contributed by atoms with van der Waals surface area (Å²) in [5.41, 5.74) is 1.29. The van der Waals surface area contributed by atoms with E-state index >= 15 is 0 Å². The largest absolute Gasteiger partial charge is 0.337 e. The molecule has 2 aliphatic heterocycles. The number of hydrogen-bond acceptors (Lipinski definition) is 3. The molecule has 2 saturated heterocycles. The normalized spacial score (nSPS) is 23.1. The van der Waals surface area contributed by atoms with Crippen molar-refractivity contribution in [2.24, 2.45) is 7.05 Å². The second kappa shape index (κ2) is 6.88. The van der Waals surface area contributed by atoms with E-state index in [1.54, 1.807) is 0 Å². The second-order valence-corrected chi connectivity index (χ2v) is 7.64. The molecule has 0 saturated carbocycles. The summed E-state index contributed by atoms with van der Waals surface area (Å²) in [5, 5.41) is 0. The molecule has 3 heterocycles. The van der Waals surface area contributed by atoms with Gasteiger partial charge in [-0.3, -0.25) is 9.69 Å². The first-order valence-electron chi connectivity index (χ1n) is 9.68. The molecule has 5 nitrogen and oxygen atoms in total. The van der Waals surface area contributed by atoms with Gasteiger partial charge in [-0.1, -0.05) is 30.3 Å². The van der Waals surface area contributed by atoms with Crippen LogP contribution in [0.1, 0.15) is 43.5 Å². The molecule has 26 heavy (non-hydrogen) atoms. The van der Waals surface area contributed by atoms with Gasteiger partial charge in [-0.15, -0.1) is 0 Å². The Hall–Kier alpha value is -2.14. The minimum absolute atomic E-state index is 0.0225. The van der Waals surface area contributed by atoms with Crippen molar-refractivity contribution in [2.45, 2.75) is 44.2 Å². The van der Waals surface area contributed by atoms with E-state index in [0.29, 0.717) is 18.2 Å². The van der Waals surface area contributed by atoms with Gasteiger partial charge in [0, 0.05) is 51.4 Å². The van der Waals surface area contributed by atoms with Gasteiger partial charge in [0.1, 0.15) is 5.82 Å². The van der Waals surface area contributed by atoms with E-state index in [-0.39, 0.29) is 5.54 Å². The minimum atomic E-state index is -0.0225. The van der Waals surface area contributed by atoms with Crippen LogP contribution in [0.2, 0.25) is 0 Å². The number of hydrogen-bond donors (Lipinski definition) is 0. The lowest BCUT2D eigenvalue weighted by Gasteiger charge is -2.47. The molecule has 5 heteroatoms. The van der Waals surface area contributed by atoms with Crippen LogP contribution in [0.15, 0.2) is 42.7 Å². The van der Waals surface area contributed by atoms with Gasteiger partial charge in [0.25, 0.3) is 0 Å². The van der Waals surface area contributed by atoms with Gasteiger partial charge in [-0.05, 0) is 25.3 Å². The minimum Gasteiger partial charge on any atom is -0.337 e. The molecule has 0 aliphatic carbocycles. The van der Waals surface area contributed by atoms with Crippen LogP contribution in [-0.2, 0) is 18.4 Å². The lowest BCUT2D eigenvalue weighted by Crippen LogP contribution is -2.55. The number of carbonyl (C=O) groups excluding carboxylic acids is 1. The number of imidazole rings is 1. The SMILES string of the molecule is CCN1C(=O)C[C@@H](c2ccccc2)C12CCN(Cc1nccn1C)CC2. The maximum atomic E-state index is 12.7. The average Bonchev–Trinajstić information content (AvgIpc) is 3.18. The number of aromatic nitrogens is 2. The van der Waals surface area contributed by atoms with Crippen LogP contribution in [-0.4, -0.2) is 50.4 Å². The van der Waals surface area contributed by atoms with Crippen LogP contribution >= 0.6 is 0 Å². The Labute approximate surface area is 155 Å². The molecule has 1 atom stereocenters. The van der Waals surface area contributed by atoms with Gasteiger partial charge in [0.05, 0.1) is 12.1 Å². The maximum Gasteiger partial charge on any atom is 0.223 e. The van der Waals surface area contributed by atoms with Gasteiger partial charge in [0.15, 0.2) is 0 Å². The monoisotopic (exact) mass is 352 g/mol. The molecule has 1 amide bonds. The van der Waals surface area contributed by atoms with Crippen LogP contribution < -0.4 is 0 Å². The van der Waals surface area contributed by atoms with Crippen LogP contribution in [0.5, 0.6) is 0 Å². The van der Waals surface area contributed by atoms with E-state index < -0.39 is 0 Å². The van der Waals surface area contributed by atoms with E-state index in [9.17, 15) is 4.79 Å². The molecule has 0 bridgehead atoms. The number of nitrogens with zero attached hydrogens (tertiary/aromatic N) is 4. The lowest BCUT2D eigenvalue weighted by atomic mass is 9.73. The van der Waals surface area contributed by atoms with Gasteiger partial charge in [0.2, 0.25) is 5.91 Å². The van der Waals surface area contributed by atoms with Gasteiger partial charge in [-0.25, -0.2) is 4.98 Å². The summed E-state index contributed by atoms with van der Waals surface area (Å²) in [6.07, 6.45) is 6.59. The highest BCUT2D eigenvalue weighted by atomic mass is 16.2. The van der Waals surface area contributed by atoms with E-state index in [4.69, 9.17) is 0 Å². The number of carbonyl (C=O) groups is 1. The standard InChI is InChI=1S/C21H28N4O/c1-3-25-20(26)15-18(17-7-5-4-6-8-17)21(25)9-12-24(13-10-21)16-19-22-11-14-23(19)2/h4-8,11,14,18H,3,9-10,12-13,15-16H2,1-2H3/t18-/m0/s1. The van der Waals surface area contributed by atoms with Crippen LogP contribution in [0.3, 0.4) is 0 Å².